The van der Waals surface area contributed by atoms with E-state index in [2.05, 4.69) is 9.44 Å². The van der Waals surface area contributed by atoms with Crippen LogP contribution in [0.1, 0.15) is 52.4 Å². The summed E-state index contributed by atoms with van der Waals surface area (Å²) in [5, 5.41) is 9.36. The van der Waals surface area contributed by atoms with Gasteiger partial charge in [0.2, 0.25) is 0 Å². The molecule has 18 heavy (non-hydrogen) atoms. The van der Waals surface area contributed by atoms with Gasteiger partial charge in [-0.15, -0.1) is 0 Å². The maximum atomic E-state index is 11.8. The molecule has 0 spiro atoms. The number of hydrogen-bond donors (Lipinski definition) is 3. The van der Waals surface area contributed by atoms with Gasteiger partial charge < -0.3 is 5.11 Å². The second kappa shape index (κ2) is 5.99. The summed E-state index contributed by atoms with van der Waals surface area (Å²) >= 11 is 0. The van der Waals surface area contributed by atoms with Crippen LogP contribution in [0.25, 0.3) is 0 Å². The van der Waals surface area contributed by atoms with Gasteiger partial charge in [-0.2, -0.15) is 17.9 Å². The Kier molecular flexibility index (Phi) is 5.12. The third-order valence-corrected chi connectivity index (χ3v) is 4.53. The van der Waals surface area contributed by atoms with Crippen LogP contribution in [0, 0.1) is 0 Å². The molecule has 3 N–H and O–H groups in total. The lowest BCUT2D eigenvalue weighted by atomic mass is 9.92. The van der Waals surface area contributed by atoms with Crippen LogP contribution < -0.4 is 9.44 Å². The van der Waals surface area contributed by atoms with Crippen molar-refractivity contribution >= 4 is 16.2 Å². The molecule has 0 amide bonds. The fourth-order valence-corrected chi connectivity index (χ4v) is 3.77. The van der Waals surface area contributed by atoms with Crippen molar-refractivity contribution < 1.29 is 18.3 Å². The van der Waals surface area contributed by atoms with E-state index in [0.717, 1.165) is 25.7 Å². The van der Waals surface area contributed by atoms with Crippen molar-refractivity contribution in [1.82, 2.24) is 9.44 Å². The van der Waals surface area contributed by atoms with E-state index < -0.39 is 21.7 Å². The van der Waals surface area contributed by atoms with E-state index in [4.69, 9.17) is 0 Å². The summed E-state index contributed by atoms with van der Waals surface area (Å²) in [4.78, 5) is 11.4. The number of rotatable bonds is 5. The Morgan fingerprint density at radius 3 is 2.06 bits per heavy atom. The van der Waals surface area contributed by atoms with Gasteiger partial charge in [-0.3, -0.25) is 4.79 Å². The van der Waals surface area contributed by atoms with Crippen LogP contribution >= 0.6 is 0 Å². The van der Waals surface area contributed by atoms with Gasteiger partial charge in [-0.05, 0) is 26.7 Å². The van der Waals surface area contributed by atoms with Gasteiger partial charge in [-0.25, -0.2) is 0 Å². The third-order valence-electron chi connectivity index (χ3n) is 3.09. The van der Waals surface area contributed by atoms with Gasteiger partial charge in [-0.1, -0.05) is 25.7 Å². The summed E-state index contributed by atoms with van der Waals surface area (Å²) < 4.78 is 28.4. The molecular formula is C11H22N2O4S. The van der Waals surface area contributed by atoms with Crippen LogP contribution in [-0.4, -0.2) is 31.1 Å². The second-order valence-electron chi connectivity index (χ2n) is 5.18. The first-order valence-corrected chi connectivity index (χ1v) is 7.80. The number of aliphatic carboxylic acids is 1. The second-order valence-corrected chi connectivity index (χ2v) is 6.63. The molecule has 0 saturated heterocycles. The zero-order chi connectivity index (χ0) is 13.8. The van der Waals surface area contributed by atoms with Crippen LogP contribution in [-0.2, 0) is 15.0 Å². The molecule has 7 heteroatoms. The molecule has 0 radical (unpaired) electrons. The average molecular weight is 278 g/mol. The van der Waals surface area contributed by atoms with Crippen molar-refractivity contribution in [1.29, 1.82) is 0 Å². The Labute approximate surface area is 108 Å². The fraction of sp³-hybridized carbons (Fsp3) is 0.909. The highest BCUT2D eigenvalue weighted by Gasteiger charge is 2.42. The Bertz CT molecular complexity index is 384. The Morgan fingerprint density at radius 1 is 1.17 bits per heavy atom. The zero-order valence-electron chi connectivity index (χ0n) is 10.9. The molecule has 0 aliphatic heterocycles. The quantitative estimate of drug-likeness (QED) is 0.654. The first-order valence-electron chi connectivity index (χ1n) is 6.32. The molecule has 0 aromatic rings. The molecule has 1 saturated carbocycles. The van der Waals surface area contributed by atoms with Crippen molar-refractivity contribution in [2.75, 3.05) is 0 Å². The summed E-state index contributed by atoms with van der Waals surface area (Å²) in [7, 11) is -3.78. The lowest BCUT2D eigenvalue weighted by molar-refractivity contribution is -0.144. The monoisotopic (exact) mass is 278 g/mol. The number of carbonyl (C=O) groups is 1. The van der Waals surface area contributed by atoms with E-state index in [1.807, 2.05) is 0 Å². The predicted octanol–water partition coefficient (Wildman–Crippen LogP) is 0.996. The molecule has 1 aliphatic rings. The normalized spacial score (nSPS) is 20.6. The summed E-state index contributed by atoms with van der Waals surface area (Å²) in [6.45, 7) is 3.39. The maximum Gasteiger partial charge on any atom is 0.324 e. The van der Waals surface area contributed by atoms with E-state index in [9.17, 15) is 18.3 Å². The number of hydrogen-bond acceptors (Lipinski definition) is 3. The third kappa shape index (κ3) is 4.22. The maximum absolute atomic E-state index is 11.8. The molecule has 0 aromatic carbocycles. The molecular weight excluding hydrogens is 256 g/mol. The lowest BCUT2D eigenvalue weighted by Gasteiger charge is -2.29. The first-order chi connectivity index (χ1) is 8.27. The highest BCUT2D eigenvalue weighted by Crippen LogP contribution is 2.28. The van der Waals surface area contributed by atoms with Gasteiger partial charge in [0.1, 0.15) is 5.54 Å². The van der Waals surface area contributed by atoms with Gasteiger partial charge in [0.15, 0.2) is 0 Å². The topological polar surface area (TPSA) is 95.5 Å². The standard InChI is InChI=1S/C11H22N2O4S/c1-9(2)12-18(16,17)13-11(10(14)15)7-5-3-4-6-8-11/h9,12-13H,3-8H2,1-2H3,(H,14,15). The smallest absolute Gasteiger partial charge is 0.324 e. The summed E-state index contributed by atoms with van der Waals surface area (Å²) in [6.07, 6.45) is 4.07. The van der Waals surface area contributed by atoms with Crippen LogP contribution in [0.4, 0.5) is 0 Å². The molecule has 0 bridgehead atoms. The molecule has 1 fully saturated rings. The Hall–Kier alpha value is -0.660. The Morgan fingerprint density at radius 2 is 1.67 bits per heavy atom. The minimum absolute atomic E-state index is 0.265. The highest BCUT2D eigenvalue weighted by molar-refractivity contribution is 7.87. The van der Waals surface area contributed by atoms with Gasteiger partial charge in [0, 0.05) is 6.04 Å². The largest absolute Gasteiger partial charge is 0.480 e. The predicted molar refractivity (Wildman–Crippen MR) is 68.4 cm³/mol. The fourth-order valence-electron chi connectivity index (χ4n) is 2.29. The first kappa shape index (κ1) is 15.4. The van der Waals surface area contributed by atoms with Crippen molar-refractivity contribution in [3.05, 3.63) is 0 Å². The Balaban J connectivity index is 2.88. The van der Waals surface area contributed by atoms with Crippen molar-refractivity contribution in [3.8, 4) is 0 Å². The molecule has 0 atom stereocenters. The molecule has 0 aromatic heterocycles. The minimum Gasteiger partial charge on any atom is -0.480 e. The highest BCUT2D eigenvalue weighted by atomic mass is 32.2. The molecule has 1 rings (SSSR count). The van der Waals surface area contributed by atoms with Crippen LogP contribution in [0.3, 0.4) is 0 Å². The van der Waals surface area contributed by atoms with E-state index in [0.29, 0.717) is 12.8 Å². The molecule has 0 unspecified atom stereocenters. The van der Waals surface area contributed by atoms with Crippen LogP contribution in [0.2, 0.25) is 0 Å². The van der Waals surface area contributed by atoms with E-state index in [1.54, 1.807) is 13.8 Å². The average Bonchev–Trinajstić information content (AvgIpc) is 2.41. The summed E-state index contributed by atoms with van der Waals surface area (Å²) in [6, 6.07) is -0.265. The molecule has 0 heterocycles. The zero-order valence-corrected chi connectivity index (χ0v) is 11.7. The van der Waals surface area contributed by atoms with E-state index in [1.165, 1.54) is 0 Å². The summed E-state index contributed by atoms with van der Waals surface area (Å²) in [5.41, 5.74) is -1.35. The number of carboxylic acid groups (broad SMARTS) is 1. The molecule has 1 aliphatic carbocycles. The number of carboxylic acids is 1. The molecule has 106 valence electrons. The van der Waals surface area contributed by atoms with Crippen molar-refractivity contribution in [2.45, 2.75) is 64.0 Å². The van der Waals surface area contributed by atoms with Gasteiger partial charge >= 0.3 is 5.97 Å². The van der Waals surface area contributed by atoms with Crippen LogP contribution in [0.15, 0.2) is 0 Å². The lowest BCUT2D eigenvalue weighted by Crippen LogP contribution is -2.57. The van der Waals surface area contributed by atoms with Crippen molar-refractivity contribution in [3.63, 3.8) is 0 Å². The SMILES string of the molecule is CC(C)NS(=O)(=O)NC1(C(=O)O)CCCCCC1. The van der Waals surface area contributed by atoms with Gasteiger partial charge in [0.05, 0.1) is 0 Å². The molecule has 6 nitrogen and oxygen atoms in total. The van der Waals surface area contributed by atoms with Crippen molar-refractivity contribution in [2.24, 2.45) is 0 Å². The number of nitrogens with one attached hydrogen (secondary N) is 2. The van der Waals surface area contributed by atoms with Crippen LogP contribution in [0.5, 0.6) is 0 Å². The summed E-state index contributed by atoms with van der Waals surface area (Å²) in [5.74, 6) is -1.08. The van der Waals surface area contributed by atoms with Gasteiger partial charge in [0.25, 0.3) is 10.2 Å². The van der Waals surface area contributed by atoms with E-state index in [-0.39, 0.29) is 6.04 Å². The van der Waals surface area contributed by atoms with E-state index >= 15 is 0 Å². The minimum atomic E-state index is -3.78.